The highest BCUT2D eigenvalue weighted by molar-refractivity contribution is 6.12. The van der Waals surface area contributed by atoms with E-state index in [1.807, 2.05) is 24.3 Å². The van der Waals surface area contributed by atoms with E-state index in [1.165, 1.54) is 39.0 Å². The zero-order chi connectivity index (χ0) is 33.5. The van der Waals surface area contributed by atoms with E-state index in [-0.39, 0.29) is 29.1 Å². The number of benzene rings is 4. The average Bonchev–Trinajstić information content (AvgIpc) is 3.22. The van der Waals surface area contributed by atoms with Gasteiger partial charge in [-0.05, 0) is 70.8 Å². The number of fused-ring (bicyclic) bond motifs is 1. The van der Waals surface area contributed by atoms with Crippen LogP contribution in [0.1, 0.15) is 72.6 Å². The zero-order valence-electron chi connectivity index (χ0n) is 27.5. The second-order valence-electron chi connectivity index (χ2n) is 13.0. The van der Waals surface area contributed by atoms with Crippen LogP contribution in [-0.4, -0.2) is 33.0 Å². The molecule has 1 N–H and O–H groups in total. The Labute approximate surface area is 275 Å². The zero-order valence-corrected chi connectivity index (χ0v) is 27.5. The molecule has 8 heteroatoms. The molecule has 1 amide bonds. The number of para-hydroxylation sites is 2. The maximum absolute atomic E-state index is 14.8. The number of Topliss-reactive ketones (excluding diaryl/α,β-unsaturated/α-hetero) is 1. The number of carbonyl (C=O) groups is 2. The summed E-state index contributed by atoms with van der Waals surface area (Å²) in [7, 11) is 4.48. The van der Waals surface area contributed by atoms with Crippen LogP contribution in [0.25, 0.3) is 0 Å². The lowest BCUT2D eigenvalue weighted by Crippen LogP contribution is -2.38. The van der Waals surface area contributed by atoms with E-state index in [0.29, 0.717) is 46.2 Å². The number of hydrogen-bond donors (Lipinski definition) is 1. The maximum atomic E-state index is 14.8. The number of hydrogen-bond acceptors (Lipinski definition) is 6. The minimum absolute atomic E-state index is 0.0134. The van der Waals surface area contributed by atoms with Crippen molar-refractivity contribution in [2.24, 2.45) is 0 Å². The number of halogens is 1. The molecule has 0 spiro atoms. The number of methoxy groups -OCH3 is 3. The molecule has 1 aliphatic carbocycles. The molecular formula is C39H39FN2O5. The summed E-state index contributed by atoms with van der Waals surface area (Å²) < 4.78 is 30.9. The van der Waals surface area contributed by atoms with Gasteiger partial charge < -0.3 is 19.5 Å². The highest BCUT2D eigenvalue weighted by Crippen LogP contribution is 2.49. The molecule has 0 bridgehead atoms. The third kappa shape index (κ3) is 5.96. The summed E-state index contributed by atoms with van der Waals surface area (Å²) in [6.07, 6.45) is 0.837. The van der Waals surface area contributed by atoms with Crippen molar-refractivity contribution in [2.45, 2.75) is 51.0 Å². The van der Waals surface area contributed by atoms with E-state index in [1.54, 1.807) is 29.2 Å². The third-order valence-corrected chi connectivity index (χ3v) is 9.05. The highest BCUT2D eigenvalue weighted by Gasteiger charge is 2.42. The van der Waals surface area contributed by atoms with Gasteiger partial charge in [0, 0.05) is 23.3 Å². The molecule has 0 aromatic heterocycles. The number of rotatable bonds is 6. The molecule has 0 radical (unpaired) electrons. The Kier molecular flexibility index (Phi) is 8.53. The fourth-order valence-electron chi connectivity index (χ4n) is 6.61. The molecule has 0 saturated heterocycles. The Bertz CT molecular complexity index is 1830. The molecule has 0 fully saturated rings. The number of ketones is 1. The summed E-state index contributed by atoms with van der Waals surface area (Å²) in [5, 5.41) is 3.56. The predicted molar refractivity (Wildman–Crippen MR) is 181 cm³/mol. The van der Waals surface area contributed by atoms with Crippen LogP contribution in [0.5, 0.6) is 17.2 Å². The second-order valence-corrected chi connectivity index (χ2v) is 13.0. The maximum Gasteiger partial charge on any atom is 0.259 e. The molecule has 47 heavy (non-hydrogen) atoms. The second kappa shape index (κ2) is 12.6. The quantitative estimate of drug-likeness (QED) is 0.230. The van der Waals surface area contributed by atoms with Gasteiger partial charge in [0.2, 0.25) is 5.75 Å². The Morgan fingerprint density at radius 2 is 1.45 bits per heavy atom. The smallest absolute Gasteiger partial charge is 0.259 e. The van der Waals surface area contributed by atoms with Gasteiger partial charge in [0.15, 0.2) is 17.3 Å². The van der Waals surface area contributed by atoms with Gasteiger partial charge in [0.1, 0.15) is 5.82 Å². The van der Waals surface area contributed by atoms with E-state index < -0.39 is 17.8 Å². The van der Waals surface area contributed by atoms with Gasteiger partial charge in [-0.15, -0.1) is 0 Å². The first-order chi connectivity index (χ1) is 22.5. The SMILES string of the molecule is COc1cc(C(=O)N2c3ccccc3NC3=C(C(=O)C[C@H](c4ccc(C(C)(C)C)cc4)C3)[C@@H]2c2ccc(F)cc2)cc(OC)c1OC. The molecule has 0 saturated carbocycles. The minimum atomic E-state index is -0.843. The van der Waals surface area contributed by atoms with Crippen LogP contribution in [0.15, 0.2) is 96.2 Å². The molecule has 6 rings (SSSR count). The molecular weight excluding hydrogens is 595 g/mol. The van der Waals surface area contributed by atoms with Crippen molar-refractivity contribution in [1.82, 2.24) is 0 Å². The van der Waals surface area contributed by atoms with Gasteiger partial charge >= 0.3 is 0 Å². The summed E-state index contributed by atoms with van der Waals surface area (Å²) in [5.41, 5.74) is 5.69. The normalized spacial score (nSPS) is 17.7. The number of ether oxygens (including phenoxy) is 3. The van der Waals surface area contributed by atoms with Crippen molar-refractivity contribution in [1.29, 1.82) is 0 Å². The van der Waals surface area contributed by atoms with Gasteiger partial charge in [0.25, 0.3) is 5.91 Å². The first-order valence-electron chi connectivity index (χ1n) is 15.7. The molecule has 2 atom stereocenters. The van der Waals surface area contributed by atoms with Crippen LogP contribution in [0.2, 0.25) is 0 Å². The topological polar surface area (TPSA) is 77.1 Å². The highest BCUT2D eigenvalue weighted by atomic mass is 19.1. The van der Waals surface area contributed by atoms with Crippen molar-refractivity contribution in [3.8, 4) is 17.2 Å². The minimum Gasteiger partial charge on any atom is -0.493 e. The number of anilines is 2. The monoisotopic (exact) mass is 634 g/mol. The molecule has 4 aromatic carbocycles. The van der Waals surface area contributed by atoms with E-state index in [4.69, 9.17) is 14.2 Å². The molecule has 1 aliphatic heterocycles. The number of nitrogens with one attached hydrogen (secondary N) is 1. The summed E-state index contributed by atoms with van der Waals surface area (Å²) in [4.78, 5) is 30.9. The van der Waals surface area contributed by atoms with E-state index in [0.717, 1.165) is 11.3 Å². The van der Waals surface area contributed by atoms with Crippen LogP contribution in [0, 0.1) is 5.82 Å². The van der Waals surface area contributed by atoms with Crippen LogP contribution >= 0.6 is 0 Å². The lowest BCUT2D eigenvalue weighted by atomic mass is 9.77. The Balaban J connectivity index is 1.52. The number of carbonyl (C=O) groups excluding carboxylic acids is 2. The molecule has 4 aromatic rings. The lowest BCUT2D eigenvalue weighted by Gasteiger charge is -2.35. The summed E-state index contributed by atoms with van der Waals surface area (Å²) >= 11 is 0. The largest absolute Gasteiger partial charge is 0.493 e. The molecule has 242 valence electrons. The van der Waals surface area contributed by atoms with Crippen molar-refractivity contribution < 1.29 is 28.2 Å². The number of nitrogens with zero attached hydrogens (tertiary/aromatic N) is 1. The van der Waals surface area contributed by atoms with Crippen molar-refractivity contribution in [3.63, 3.8) is 0 Å². The van der Waals surface area contributed by atoms with Gasteiger partial charge in [-0.2, -0.15) is 0 Å². The summed E-state index contributed by atoms with van der Waals surface area (Å²) in [5.74, 6) is 0.0660. The lowest BCUT2D eigenvalue weighted by molar-refractivity contribution is -0.116. The fourth-order valence-corrected chi connectivity index (χ4v) is 6.61. The van der Waals surface area contributed by atoms with Gasteiger partial charge in [0.05, 0.1) is 38.7 Å². The predicted octanol–water partition coefficient (Wildman–Crippen LogP) is 8.36. The Morgan fingerprint density at radius 3 is 2.04 bits per heavy atom. The van der Waals surface area contributed by atoms with Crippen molar-refractivity contribution in [3.05, 3.63) is 124 Å². The van der Waals surface area contributed by atoms with Gasteiger partial charge in [-0.25, -0.2) is 4.39 Å². The van der Waals surface area contributed by atoms with Crippen molar-refractivity contribution in [2.75, 3.05) is 31.5 Å². The Hall–Kier alpha value is -5.11. The van der Waals surface area contributed by atoms with Crippen molar-refractivity contribution >= 4 is 23.1 Å². The van der Waals surface area contributed by atoms with Crippen LogP contribution < -0.4 is 24.4 Å². The van der Waals surface area contributed by atoms with Crippen LogP contribution in [0.4, 0.5) is 15.8 Å². The van der Waals surface area contributed by atoms with Crippen LogP contribution in [0.3, 0.4) is 0 Å². The third-order valence-electron chi connectivity index (χ3n) is 9.05. The first kappa shape index (κ1) is 31.9. The summed E-state index contributed by atoms with van der Waals surface area (Å²) in [6, 6.07) is 24.3. The van der Waals surface area contributed by atoms with E-state index in [2.05, 4.69) is 50.4 Å². The van der Waals surface area contributed by atoms with E-state index >= 15 is 0 Å². The number of allylic oxidation sites excluding steroid dienone is 1. The molecule has 1 heterocycles. The summed E-state index contributed by atoms with van der Waals surface area (Å²) in [6.45, 7) is 6.53. The molecule has 0 unspecified atom stereocenters. The van der Waals surface area contributed by atoms with Gasteiger partial charge in [-0.1, -0.05) is 69.3 Å². The molecule has 2 aliphatic rings. The molecule has 7 nitrogen and oxygen atoms in total. The van der Waals surface area contributed by atoms with Gasteiger partial charge in [-0.3, -0.25) is 14.5 Å². The fraction of sp³-hybridized carbons (Fsp3) is 0.282. The standard InChI is InChI=1S/C39H39FN2O5/c1-39(2,3)27-15-11-23(12-16-27)25-19-30-35(32(43)20-25)36(24-13-17-28(40)18-14-24)42(31-10-8-7-9-29(31)41-30)38(44)26-21-33(45-4)37(47-6)34(22-26)46-5/h7-18,21-22,25,36,41H,19-20H2,1-6H3/t25-,36+/m1/s1. The average molecular weight is 635 g/mol. The van der Waals surface area contributed by atoms with E-state index in [9.17, 15) is 14.0 Å². The van der Waals surface area contributed by atoms with Crippen LogP contribution in [-0.2, 0) is 10.2 Å². The Morgan fingerprint density at radius 1 is 0.830 bits per heavy atom. The first-order valence-corrected chi connectivity index (χ1v) is 15.7. The number of amides is 1.